The summed E-state index contributed by atoms with van der Waals surface area (Å²) in [5.41, 5.74) is 5.65. The Morgan fingerprint density at radius 2 is 1.76 bits per heavy atom. The highest BCUT2D eigenvalue weighted by Gasteiger charge is 2.73. The molecule has 3 fully saturated rings. The van der Waals surface area contributed by atoms with Crippen LogP contribution >= 0.6 is 0 Å². The van der Waals surface area contributed by atoms with E-state index in [2.05, 4.69) is 57.9 Å². The van der Waals surface area contributed by atoms with Crippen molar-refractivity contribution in [3.63, 3.8) is 0 Å². The standard InChI is InChI=1S/C43H53NO7/c1-20(2)32-35(46)30-29-24(27-19-38(4,5)51-39(6,7)31(27)34(29)45)17-25-26-16-22-11-12-28-40(8,42(22,10)36(26)44(32)33(25)30)13-14-43(49)41(28,9)18-23(50-43)15-21(3)37(47)48/h15,17,19,22-23,28,31-32,34,45,49H,1,11-14,16,18H2,2-10H3,(H,47,48)/b21-15+/t22-,23?,28?,31+,32-,34+,40-,41-,42+,43-/m0/s1. The first-order chi connectivity index (χ1) is 23.6. The van der Waals surface area contributed by atoms with Crippen molar-refractivity contribution in [2.45, 2.75) is 141 Å². The molecule has 8 nitrogen and oxygen atoms in total. The summed E-state index contributed by atoms with van der Waals surface area (Å²) < 4.78 is 15.3. The molecule has 1 aromatic carbocycles. The second-order valence-electron chi connectivity index (χ2n) is 19.1. The maximum absolute atomic E-state index is 14.9. The van der Waals surface area contributed by atoms with Gasteiger partial charge in [-0.1, -0.05) is 32.9 Å². The van der Waals surface area contributed by atoms with Crippen LogP contribution in [0.4, 0.5) is 0 Å². The Kier molecular flexibility index (Phi) is 6.44. The maximum atomic E-state index is 14.9. The number of aliphatic carboxylic acids is 1. The van der Waals surface area contributed by atoms with Crippen LogP contribution in [0.25, 0.3) is 16.5 Å². The van der Waals surface area contributed by atoms with Gasteiger partial charge in [0.2, 0.25) is 0 Å². The number of ketones is 1. The van der Waals surface area contributed by atoms with E-state index in [4.69, 9.17) is 9.47 Å². The van der Waals surface area contributed by atoms with E-state index in [0.717, 1.165) is 58.9 Å². The minimum Gasteiger partial charge on any atom is -0.478 e. The molecule has 9 rings (SSSR count). The molecule has 0 bridgehead atoms. The number of carboxylic acids is 1. The van der Waals surface area contributed by atoms with Crippen LogP contribution in [0.5, 0.6) is 0 Å². The maximum Gasteiger partial charge on any atom is 0.331 e. The van der Waals surface area contributed by atoms with Crippen molar-refractivity contribution in [3.8, 4) is 0 Å². The lowest BCUT2D eigenvalue weighted by Crippen LogP contribution is -2.65. The van der Waals surface area contributed by atoms with Gasteiger partial charge in [0.05, 0.1) is 34.5 Å². The summed E-state index contributed by atoms with van der Waals surface area (Å²) in [5, 5.41) is 35.1. The predicted octanol–water partition coefficient (Wildman–Crippen LogP) is 7.74. The van der Waals surface area contributed by atoms with Crippen LogP contribution in [0, 0.1) is 28.6 Å². The van der Waals surface area contributed by atoms with E-state index in [1.165, 1.54) is 11.3 Å². The number of allylic oxidation sites excluding steroid dienone is 1. The Morgan fingerprint density at radius 1 is 1.06 bits per heavy atom. The Bertz CT molecular complexity index is 2080. The van der Waals surface area contributed by atoms with Crippen molar-refractivity contribution in [2.24, 2.45) is 28.6 Å². The van der Waals surface area contributed by atoms with Crippen molar-refractivity contribution >= 4 is 28.2 Å². The number of fused-ring (bicyclic) bond motifs is 13. The van der Waals surface area contributed by atoms with Crippen LogP contribution in [-0.4, -0.2) is 54.7 Å². The number of carbonyl (C=O) groups is 2. The van der Waals surface area contributed by atoms with Crippen molar-refractivity contribution in [3.05, 3.63) is 63.9 Å². The molecule has 2 unspecified atom stereocenters. The number of Topliss-reactive ketones (excluding diaryl/α,β-unsaturated/α-hetero) is 1. The predicted molar refractivity (Wildman–Crippen MR) is 194 cm³/mol. The summed E-state index contributed by atoms with van der Waals surface area (Å²) in [4.78, 5) is 26.6. The fourth-order valence-electron chi connectivity index (χ4n) is 13.6. The number of aliphatic hydroxyl groups is 2. The Hall–Kier alpha value is -3.04. The van der Waals surface area contributed by atoms with E-state index in [9.17, 15) is 24.9 Å². The van der Waals surface area contributed by atoms with Crippen molar-refractivity contribution < 1.29 is 34.4 Å². The average molecular weight is 696 g/mol. The van der Waals surface area contributed by atoms with Gasteiger partial charge in [-0.05, 0) is 126 Å². The van der Waals surface area contributed by atoms with Crippen LogP contribution in [0.3, 0.4) is 0 Å². The van der Waals surface area contributed by atoms with Crippen LogP contribution in [0.1, 0.15) is 139 Å². The molecule has 0 spiro atoms. The Balaban J connectivity index is 1.25. The van der Waals surface area contributed by atoms with E-state index in [0.29, 0.717) is 24.3 Å². The van der Waals surface area contributed by atoms with Crippen molar-refractivity contribution in [1.29, 1.82) is 0 Å². The first-order valence-electron chi connectivity index (χ1n) is 19.0. The highest BCUT2D eigenvalue weighted by molar-refractivity contribution is 6.18. The normalized spacial score (nSPS) is 42.5. The highest BCUT2D eigenvalue weighted by atomic mass is 16.6. The molecule has 7 aliphatic rings. The summed E-state index contributed by atoms with van der Waals surface area (Å²) in [7, 11) is 0. The molecule has 1 saturated heterocycles. The third kappa shape index (κ3) is 3.80. The van der Waals surface area contributed by atoms with Gasteiger partial charge in [-0.2, -0.15) is 0 Å². The second kappa shape index (κ2) is 9.73. The second-order valence-corrected chi connectivity index (χ2v) is 19.1. The van der Waals surface area contributed by atoms with E-state index in [-0.39, 0.29) is 34.0 Å². The van der Waals surface area contributed by atoms with Gasteiger partial charge in [-0.25, -0.2) is 4.79 Å². The Morgan fingerprint density at radius 3 is 2.43 bits per heavy atom. The molecule has 3 aliphatic heterocycles. The quantitative estimate of drug-likeness (QED) is 0.222. The van der Waals surface area contributed by atoms with Crippen LogP contribution < -0.4 is 0 Å². The van der Waals surface area contributed by atoms with Gasteiger partial charge in [0, 0.05) is 45.4 Å². The SMILES string of the molecule is C=C(C)[C@H]1C(=O)c2c3c(cc4c5c(n1c24)[C@@]1(C)[C@@H](CCC2[C@]1(C)CC[C@]1(O)OC(/C=C(\C)C(=O)O)C[C@@]21C)C5)C1=CC(C)(C)OC(C)(C)[C@H]1[C@@H]3O. The van der Waals surface area contributed by atoms with Gasteiger partial charge in [-0.3, -0.25) is 4.79 Å². The average Bonchev–Trinajstić information content (AvgIpc) is 3.73. The molecule has 3 N–H and O–H groups in total. The number of benzene rings is 1. The van der Waals surface area contributed by atoms with Gasteiger partial charge < -0.3 is 29.4 Å². The molecule has 51 heavy (non-hydrogen) atoms. The summed E-state index contributed by atoms with van der Waals surface area (Å²) in [6.07, 6.45) is 7.10. The third-order valence-corrected chi connectivity index (χ3v) is 15.6. The fourth-order valence-corrected chi connectivity index (χ4v) is 13.6. The molecule has 2 saturated carbocycles. The molecular formula is C43H53NO7. The fraction of sp³-hybridized carbons (Fsp3) is 0.628. The summed E-state index contributed by atoms with van der Waals surface area (Å²) >= 11 is 0. The number of carbonyl (C=O) groups excluding carboxylic acids is 1. The number of aliphatic hydroxyl groups excluding tert-OH is 1. The third-order valence-electron chi connectivity index (χ3n) is 15.6. The van der Waals surface area contributed by atoms with E-state index >= 15 is 0 Å². The molecule has 0 radical (unpaired) electrons. The van der Waals surface area contributed by atoms with Crippen molar-refractivity contribution in [1.82, 2.24) is 4.57 Å². The minimum atomic E-state index is -1.35. The molecule has 272 valence electrons. The number of hydrogen-bond donors (Lipinski definition) is 3. The molecule has 0 amide bonds. The zero-order valence-electron chi connectivity index (χ0n) is 31.6. The Labute approximate surface area is 300 Å². The first-order valence-corrected chi connectivity index (χ1v) is 19.0. The molecule has 10 atom stereocenters. The van der Waals surface area contributed by atoms with Crippen molar-refractivity contribution in [2.75, 3.05) is 0 Å². The van der Waals surface area contributed by atoms with Gasteiger partial charge >= 0.3 is 5.97 Å². The van der Waals surface area contributed by atoms with Gasteiger partial charge in [-0.15, -0.1) is 0 Å². The molecule has 1 aromatic heterocycles. The number of nitrogens with zero attached hydrogens (tertiary/aromatic N) is 1. The lowest BCUT2D eigenvalue weighted by atomic mass is 9.40. The van der Waals surface area contributed by atoms with Gasteiger partial charge in [0.1, 0.15) is 6.04 Å². The number of carboxylic acid groups (broad SMARTS) is 1. The van der Waals surface area contributed by atoms with E-state index in [1.54, 1.807) is 13.0 Å². The monoisotopic (exact) mass is 695 g/mol. The number of rotatable bonds is 3. The van der Waals surface area contributed by atoms with Crippen LogP contribution in [0.15, 0.2) is 35.9 Å². The molecule has 4 aliphatic carbocycles. The lowest BCUT2D eigenvalue weighted by Gasteiger charge is -2.65. The lowest BCUT2D eigenvalue weighted by molar-refractivity contribution is -0.294. The topological polar surface area (TPSA) is 118 Å². The zero-order valence-corrected chi connectivity index (χ0v) is 31.6. The summed E-state index contributed by atoms with van der Waals surface area (Å²) in [6, 6.07) is 1.74. The number of ether oxygens (including phenoxy) is 2. The molecule has 4 heterocycles. The highest BCUT2D eigenvalue weighted by Crippen LogP contribution is 2.74. The molecule has 2 aromatic rings. The first kappa shape index (κ1) is 33.8. The smallest absolute Gasteiger partial charge is 0.331 e. The zero-order chi connectivity index (χ0) is 36.7. The largest absolute Gasteiger partial charge is 0.478 e. The van der Waals surface area contributed by atoms with Crippen LogP contribution in [0.2, 0.25) is 0 Å². The molecule has 8 heteroatoms. The van der Waals surface area contributed by atoms with Gasteiger partial charge in [0.25, 0.3) is 0 Å². The molecular weight excluding hydrogens is 642 g/mol. The summed E-state index contributed by atoms with van der Waals surface area (Å²) in [6.45, 7) is 23.2. The van der Waals surface area contributed by atoms with E-state index in [1.807, 2.05) is 20.8 Å². The number of hydrogen-bond acceptors (Lipinski definition) is 6. The van der Waals surface area contributed by atoms with Gasteiger partial charge in [0.15, 0.2) is 11.6 Å². The van der Waals surface area contributed by atoms with Crippen LogP contribution in [-0.2, 0) is 26.1 Å². The number of aromatic nitrogens is 1. The minimum absolute atomic E-state index is 0.0144. The van der Waals surface area contributed by atoms with E-state index < -0.39 is 46.6 Å². The summed E-state index contributed by atoms with van der Waals surface area (Å²) in [5.74, 6) is -2.13.